The van der Waals surface area contributed by atoms with Gasteiger partial charge in [0.05, 0.1) is 11.6 Å². The van der Waals surface area contributed by atoms with Gasteiger partial charge in [0.1, 0.15) is 0 Å². The molecule has 1 saturated carbocycles. The molecule has 2 aliphatic rings. The standard InChI is InChI=1S/C16H22N4O2/c1-16(2,3)20-9-11(8-12(20)21)15(22)19-14-13(10-4-5-10)17-6-7-18-14/h6-7,10-11H,4-5,8-9H2,1-3H3,(H,18,19,22). The molecule has 2 amide bonds. The second kappa shape index (κ2) is 5.34. The van der Waals surface area contributed by atoms with E-state index in [1.54, 1.807) is 17.3 Å². The Morgan fingerprint density at radius 1 is 1.27 bits per heavy atom. The van der Waals surface area contributed by atoms with Crippen LogP contribution in [0.15, 0.2) is 12.4 Å². The third kappa shape index (κ3) is 2.96. The molecule has 1 aromatic rings. The van der Waals surface area contributed by atoms with Crippen molar-refractivity contribution in [1.29, 1.82) is 0 Å². The molecule has 1 aliphatic carbocycles. The van der Waals surface area contributed by atoms with E-state index < -0.39 is 0 Å². The maximum Gasteiger partial charge on any atom is 0.231 e. The summed E-state index contributed by atoms with van der Waals surface area (Å²) in [6, 6.07) is 0. The van der Waals surface area contributed by atoms with Gasteiger partial charge in [-0.1, -0.05) is 0 Å². The summed E-state index contributed by atoms with van der Waals surface area (Å²) < 4.78 is 0. The van der Waals surface area contributed by atoms with Crippen molar-refractivity contribution in [2.24, 2.45) is 5.92 Å². The second-order valence-electron chi connectivity index (χ2n) is 7.13. The molecule has 1 saturated heterocycles. The highest BCUT2D eigenvalue weighted by Crippen LogP contribution is 2.41. The Hall–Kier alpha value is -1.98. The molecule has 1 atom stereocenters. The number of nitrogens with one attached hydrogen (secondary N) is 1. The number of carbonyl (C=O) groups excluding carboxylic acids is 2. The van der Waals surface area contributed by atoms with E-state index in [2.05, 4.69) is 15.3 Å². The van der Waals surface area contributed by atoms with Crippen molar-refractivity contribution in [1.82, 2.24) is 14.9 Å². The first-order chi connectivity index (χ1) is 10.4. The Kier molecular flexibility index (Phi) is 3.62. The van der Waals surface area contributed by atoms with Crippen LogP contribution >= 0.6 is 0 Å². The minimum Gasteiger partial charge on any atom is -0.337 e. The summed E-state index contributed by atoms with van der Waals surface area (Å²) in [4.78, 5) is 34.9. The monoisotopic (exact) mass is 302 g/mol. The number of anilines is 1. The Morgan fingerprint density at radius 2 is 1.95 bits per heavy atom. The molecular formula is C16H22N4O2. The Balaban J connectivity index is 1.70. The van der Waals surface area contributed by atoms with Gasteiger partial charge in [0.15, 0.2) is 5.82 Å². The minimum atomic E-state index is -0.319. The third-order valence-electron chi connectivity index (χ3n) is 4.24. The van der Waals surface area contributed by atoms with E-state index in [9.17, 15) is 9.59 Å². The van der Waals surface area contributed by atoms with Gasteiger partial charge in [0, 0.05) is 36.8 Å². The average molecular weight is 302 g/mol. The van der Waals surface area contributed by atoms with Crippen molar-refractivity contribution in [3.63, 3.8) is 0 Å². The number of nitrogens with zero attached hydrogens (tertiary/aromatic N) is 3. The maximum atomic E-state index is 12.5. The molecule has 1 N–H and O–H groups in total. The van der Waals surface area contributed by atoms with Crippen molar-refractivity contribution in [2.75, 3.05) is 11.9 Å². The third-order valence-corrected chi connectivity index (χ3v) is 4.24. The first-order valence-electron chi connectivity index (χ1n) is 7.78. The number of aromatic nitrogens is 2. The number of rotatable bonds is 3. The minimum absolute atomic E-state index is 0.0363. The molecule has 6 nitrogen and oxygen atoms in total. The van der Waals surface area contributed by atoms with E-state index in [1.165, 1.54) is 0 Å². The number of carbonyl (C=O) groups is 2. The van der Waals surface area contributed by atoms with Gasteiger partial charge in [0.25, 0.3) is 0 Å². The van der Waals surface area contributed by atoms with E-state index in [0.29, 0.717) is 18.3 Å². The van der Waals surface area contributed by atoms with Crippen LogP contribution in [-0.4, -0.2) is 38.8 Å². The fourth-order valence-electron chi connectivity index (χ4n) is 2.85. The Morgan fingerprint density at radius 3 is 2.55 bits per heavy atom. The zero-order valence-electron chi connectivity index (χ0n) is 13.3. The lowest BCUT2D eigenvalue weighted by Gasteiger charge is -2.31. The molecule has 0 radical (unpaired) electrons. The highest BCUT2D eigenvalue weighted by molar-refractivity contribution is 5.97. The fourth-order valence-corrected chi connectivity index (χ4v) is 2.85. The summed E-state index contributed by atoms with van der Waals surface area (Å²) in [7, 11) is 0. The van der Waals surface area contributed by atoms with E-state index in [0.717, 1.165) is 18.5 Å². The van der Waals surface area contributed by atoms with Crippen LogP contribution in [-0.2, 0) is 9.59 Å². The lowest BCUT2D eigenvalue weighted by atomic mass is 10.1. The summed E-state index contributed by atoms with van der Waals surface area (Å²) in [6.07, 6.45) is 5.71. The normalized spacial score (nSPS) is 22.0. The van der Waals surface area contributed by atoms with E-state index in [-0.39, 0.29) is 29.7 Å². The summed E-state index contributed by atoms with van der Waals surface area (Å²) in [5, 5.41) is 2.87. The Bertz CT molecular complexity index is 604. The summed E-state index contributed by atoms with van der Waals surface area (Å²) in [5.74, 6) is 0.550. The predicted octanol–water partition coefficient (Wildman–Crippen LogP) is 1.94. The summed E-state index contributed by atoms with van der Waals surface area (Å²) >= 11 is 0. The number of hydrogen-bond donors (Lipinski definition) is 1. The smallest absolute Gasteiger partial charge is 0.231 e. The average Bonchev–Trinajstić information content (AvgIpc) is 3.20. The van der Waals surface area contributed by atoms with Crippen LogP contribution in [0.3, 0.4) is 0 Å². The lowest BCUT2D eigenvalue weighted by molar-refractivity contribution is -0.131. The largest absolute Gasteiger partial charge is 0.337 e. The van der Waals surface area contributed by atoms with Crippen molar-refractivity contribution < 1.29 is 9.59 Å². The van der Waals surface area contributed by atoms with Gasteiger partial charge >= 0.3 is 0 Å². The molecule has 0 aromatic carbocycles. The molecule has 1 unspecified atom stereocenters. The van der Waals surface area contributed by atoms with Crippen molar-refractivity contribution in [2.45, 2.75) is 51.5 Å². The van der Waals surface area contributed by atoms with E-state index in [1.807, 2.05) is 20.8 Å². The SMILES string of the molecule is CC(C)(C)N1CC(C(=O)Nc2nccnc2C2CC2)CC1=O. The van der Waals surface area contributed by atoms with Gasteiger partial charge in [-0.2, -0.15) is 0 Å². The maximum absolute atomic E-state index is 12.5. The molecule has 0 spiro atoms. The predicted molar refractivity (Wildman–Crippen MR) is 82.2 cm³/mol. The molecule has 3 rings (SSSR count). The van der Waals surface area contributed by atoms with Crippen molar-refractivity contribution in [3.05, 3.63) is 18.1 Å². The van der Waals surface area contributed by atoms with Gasteiger partial charge in [0.2, 0.25) is 11.8 Å². The van der Waals surface area contributed by atoms with Crippen molar-refractivity contribution in [3.8, 4) is 0 Å². The van der Waals surface area contributed by atoms with Crippen LogP contribution in [0.25, 0.3) is 0 Å². The highest BCUT2D eigenvalue weighted by atomic mass is 16.2. The van der Waals surface area contributed by atoms with Gasteiger partial charge in [-0.3, -0.25) is 14.6 Å². The van der Waals surface area contributed by atoms with Gasteiger partial charge in [-0.15, -0.1) is 0 Å². The molecule has 2 heterocycles. The summed E-state index contributed by atoms with van der Waals surface area (Å²) in [6.45, 7) is 6.42. The number of amides is 2. The molecule has 0 bridgehead atoms. The topological polar surface area (TPSA) is 75.2 Å². The van der Waals surface area contributed by atoms with Gasteiger partial charge in [-0.25, -0.2) is 4.98 Å². The van der Waals surface area contributed by atoms with Crippen LogP contribution in [0.5, 0.6) is 0 Å². The van der Waals surface area contributed by atoms with Crippen LogP contribution in [0, 0.1) is 5.92 Å². The van der Waals surface area contributed by atoms with Crippen LogP contribution < -0.4 is 5.32 Å². The number of likely N-dealkylation sites (tertiary alicyclic amines) is 1. The van der Waals surface area contributed by atoms with Crippen molar-refractivity contribution >= 4 is 17.6 Å². The zero-order valence-corrected chi connectivity index (χ0v) is 13.3. The van der Waals surface area contributed by atoms with Crippen LogP contribution in [0.4, 0.5) is 5.82 Å². The highest BCUT2D eigenvalue weighted by Gasteiger charge is 2.40. The molecule has 22 heavy (non-hydrogen) atoms. The van der Waals surface area contributed by atoms with Gasteiger partial charge < -0.3 is 10.2 Å². The lowest BCUT2D eigenvalue weighted by Crippen LogP contribution is -2.42. The molecule has 6 heteroatoms. The first-order valence-corrected chi connectivity index (χ1v) is 7.78. The van der Waals surface area contributed by atoms with Gasteiger partial charge in [-0.05, 0) is 33.6 Å². The molecule has 118 valence electrons. The zero-order chi connectivity index (χ0) is 15.9. The van der Waals surface area contributed by atoms with Crippen LogP contribution in [0.2, 0.25) is 0 Å². The van der Waals surface area contributed by atoms with E-state index in [4.69, 9.17) is 0 Å². The summed E-state index contributed by atoms with van der Waals surface area (Å²) in [5.41, 5.74) is 0.616. The fraction of sp³-hybridized carbons (Fsp3) is 0.625. The quantitative estimate of drug-likeness (QED) is 0.926. The molecule has 2 fully saturated rings. The first kappa shape index (κ1) is 14.9. The molecule has 1 aliphatic heterocycles. The van der Waals surface area contributed by atoms with E-state index >= 15 is 0 Å². The molecule has 1 aromatic heterocycles. The Labute approximate surface area is 130 Å². The molecular weight excluding hydrogens is 280 g/mol. The van der Waals surface area contributed by atoms with Crippen LogP contribution in [0.1, 0.15) is 51.6 Å². The second-order valence-corrected chi connectivity index (χ2v) is 7.13. The number of hydrogen-bond acceptors (Lipinski definition) is 4.